The smallest absolute Gasteiger partial charge is 0.224 e. The number of nitrogens with zero attached hydrogens (tertiary/aromatic N) is 4. The predicted molar refractivity (Wildman–Crippen MR) is 122 cm³/mol. The molecule has 1 aliphatic rings. The van der Waals surface area contributed by atoms with Crippen LogP contribution in [0.15, 0.2) is 53.1 Å². The van der Waals surface area contributed by atoms with E-state index in [1.807, 2.05) is 0 Å². The number of oxazole rings is 1. The van der Waals surface area contributed by atoms with Gasteiger partial charge in [0, 0.05) is 31.4 Å². The van der Waals surface area contributed by atoms with Gasteiger partial charge in [-0.15, -0.1) is 10.2 Å². The van der Waals surface area contributed by atoms with Crippen molar-refractivity contribution < 1.29 is 18.0 Å². The van der Waals surface area contributed by atoms with E-state index in [1.54, 1.807) is 30.3 Å². The molecule has 0 spiro atoms. The van der Waals surface area contributed by atoms with E-state index in [0.717, 1.165) is 38.1 Å². The number of anilines is 1. The second-order valence-corrected chi connectivity index (χ2v) is 8.24. The summed E-state index contributed by atoms with van der Waals surface area (Å²) < 4.78 is 36.0. The summed E-state index contributed by atoms with van der Waals surface area (Å²) in [5.41, 5.74) is 1.07. The molecule has 0 atom stereocenters. The molecule has 174 valence electrons. The Labute approximate surface area is 194 Å². The van der Waals surface area contributed by atoms with Gasteiger partial charge in [0.05, 0.1) is 17.4 Å². The molecule has 1 N–H and O–H groups in total. The normalized spacial score (nSPS) is 13.4. The van der Waals surface area contributed by atoms with Gasteiger partial charge in [0.2, 0.25) is 5.91 Å². The van der Waals surface area contributed by atoms with Crippen molar-refractivity contribution in [3.63, 3.8) is 0 Å². The van der Waals surface area contributed by atoms with E-state index in [-0.39, 0.29) is 24.4 Å². The second kappa shape index (κ2) is 9.54. The van der Waals surface area contributed by atoms with Crippen LogP contribution in [0.4, 0.5) is 14.5 Å². The first kappa shape index (κ1) is 21.9. The van der Waals surface area contributed by atoms with Crippen molar-refractivity contribution in [3.8, 4) is 22.7 Å². The first-order valence-electron chi connectivity index (χ1n) is 11.3. The van der Waals surface area contributed by atoms with Gasteiger partial charge in [0.25, 0.3) is 0 Å². The minimum Gasteiger partial charge on any atom is -0.441 e. The fourth-order valence-corrected chi connectivity index (χ4v) is 4.10. The van der Waals surface area contributed by atoms with Crippen molar-refractivity contribution in [1.29, 1.82) is 0 Å². The Morgan fingerprint density at radius 1 is 1.06 bits per heavy atom. The average molecular weight is 463 g/mol. The molecule has 0 radical (unpaired) electrons. The van der Waals surface area contributed by atoms with E-state index in [9.17, 15) is 13.6 Å². The van der Waals surface area contributed by atoms with Crippen LogP contribution in [-0.2, 0) is 24.2 Å². The van der Waals surface area contributed by atoms with E-state index in [2.05, 4.69) is 25.1 Å². The van der Waals surface area contributed by atoms with Gasteiger partial charge in [-0.1, -0.05) is 18.6 Å². The molecule has 0 unspecified atom stereocenters. The largest absolute Gasteiger partial charge is 0.441 e. The Bertz CT molecular complexity index is 1330. The molecule has 34 heavy (non-hydrogen) atoms. The lowest BCUT2D eigenvalue weighted by molar-refractivity contribution is -0.116. The topological polar surface area (TPSA) is 85.8 Å². The van der Waals surface area contributed by atoms with Crippen LogP contribution in [0.25, 0.3) is 22.7 Å². The second-order valence-electron chi connectivity index (χ2n) is 8.24. The van der Waals surface area contributed by atoms with Gasteiger partial charge < -0.3 is 14.3 Å². The van der Waals surface area contributed by atoms with E-state index < -0.39 is 11.6 Å². The Hall–Kier alpha value is -3.88. The average Bonchev–Trinajstić information content (AvgIpc) is 3.40. The van der Waals surface area contributed by atoms with Crippen molar-refractivity contribution in [2.75, 3.05) is 5.32 Å². The number of hydrogen-bond donors (Lipinski definition) is 1. The van der Waals surface area contributed by atoms with Gasteiger partial charge >= 0.3 is 0 Å². The van der Waals surface area contributed by atoms with Gasteiger partial charge in [-0.25, -0.2) is 13.8 Å². The molecule has 0 aliphatic carbocycles. The first-order valence-corrected chi connectivity index (χ1v) is 11.3. The number of aryl methyl sites for hydroxylation is 2. The minimum absolute atomic E-state index is 0.0290. The fourth-order valence-electron chi connectivity index (χ4n) is 4.10. The maximum atomic E-state index is 14.4. The number of aromatic nitrogens is 4. The third kappa shape index (κ3) is 4.59. The molecule has 0 bridgehead atoms. The highest BCUT2D eigenvalue weighted by atomic mass is 19.1. The number of carbonyl (C=O) groups is 1. The zero-order valence-corrected chi connectivity index (χ0v) is 18.4. The molecule has 1 amide bonds. The molecular weight excluding hydrogens is 440 g/mol. The lowest BCUT2D eigenvalue weighted by Gasteiger charge is -2.10. The molecular formula is C25H23F2N5O2. The third-order valence-electron chi connectivity index (χ3n) is 5.87. The van der Waals surface area contributed by atoms with Crippen LogP contribution >= 0.6 is 0 Å². The monoisotopic (exact) mass is 463 g/mol. The fraction of sp³-hybridized carbons (Fsp3) is 0.280. The minimum atomic E-state index is -0.536. The summed E-state index contributed by atoms with van der Waals surface area (Å²) >= 11 is 0. The molecule has 0 saturated heterocycles. The number of rotatable bonds is 6. The summed E-state index contributed by atoms with van der Waals surface area (Å²) in [6.45, 7) is 0.821. The first-order chi connectivity index (χ1) is 16.6. The van der Waals surface area contributed by atoms with Gasteiger partial charge in [0.15, 0.2) is 17.5 Å². The van der Waals surface area contributed by atoms with E-state index in [0.29, 0.717) is 28.6 Å². The number of carbonyl (C=O) groups excluding carboxylic acids is 1. The highest BCUT2D eigenvalue weighted by Gasteiger charge is 2.18. The summed E-state index contributed by atoms with van der Waals surface area (Å²) in [4.78, 5) is 16.6. The number of hydrogen-bond acceptors (Lipinski definition) is 5. The quantitative estimate of drug-likeness (QED) is 0.426. The van der Waals surface area contributed by atoms with Crippen LogP contribution in [0, 0.1) is 11.6 Å². The Balaban J connectivity index is 1.26. The van der Waals surface area contributed by atoms with Crippen LogP contribution in [0.1, 0.15) is 37.4 Å². The van der Waals surface area contributed by atoms with Gasteiger partial charge in [-0.05, 0) is 43.2 Å². The third-order valence-corrected chi connectivity index (χ3v) is 5.87. The van der Waals surface area contributed by atoms with Crippen LogP contribution in [0.2, 0.25) is 0 Å². The SMILES string of the molecule is O=C(CCc1ncc(-c2ccccc2F)o1)Nc1cc(-c2nnc3n2CCCCC3)ccc1F. The van der Waals surface area contributed by atoms with Crippen LogP contribution in [0.5, 0.6) is 0 Å². The maximum absolute atomic E-state index is 14.4. The molecule has 0 saturated carbocycles. The van der Waals surface area contributed by atoms with E-state index in [4.69, 9.17) is 4.42 Å². The highest BCUT2D eigenvalue weighted by Crippen LogP contribution is 2.27. The zero-order valence-electron chi connectivity index (χ0n) is 18.4. The van der Waals surface area contributed by atoms with Gasteiger partial charge in [-0.2, -0.15) is 0 Å². The molecule has 4 aromatic rings. The maximum Gasteiger partial charge on any atom is 0.224 e. The molecule has 2 aromatic carbocycles. The van der Waals surface area contributed by atoms with Gasteiger partial charge in [-0.3, -0.25) is 4.79 Å². The number of benzene rings is 2. The Kier molecular flexibility index (Phi) is 6.16. The van der Waals surface area contributed by atoms with E-state index >= 15 is 0 Å². The summed E-state index contributed by atoms with van der Waals surface area (Å²) in [6, 6.07) is 10.8. The van der Waals surface area contributed by atoms with Gasteiger partial charge in [0.1, 0.15) is 17.5 Å². The summed E-state index contributed by atoms with van der Waals surface area (Å²) in [6.07, 6.45) is 5.78. The van der Waals surface area contributed by atoms with Crippen molar-refractivity contribution in [3.05, 3.63) is 72.0 Å². The number of nitrogens with one attached hydrogen (secondary N) is 1. The van der Waals surface area contributed by atoms with Crippen molar-refractivity contribution in [2.24, 2.45) is 0 Å². The molecule has 1 aliphatic heterocycles. The molecule has 7 nitrogen and oxygen atoms in total. The highest BCUT2D eigenvalue weighted by molar-refractivity contribution is 5.91. The Morgan fingerprint density at radius 2 is 1.94 bits per heavy atom. The van der Waals surface area contributed by atoms with Crippen molar-refractivity contribution >= 4 is 11.6 Å². The molecule has 5 rings (SSSR count). The van der Waals surface area contributed by atoms with Crippen molar-refractivity contribution in [1.82, 2.24) is 19.7 Å². The molecule has 3 heterocycles. The van der Waals surface area contributed by atoms with E-state index in [1.165, 1.54) is 18.3 Å². The van der Waals surface area contributed by atoms with Crippen LogP contribution in [-0.4, -0.2) is 25.7 Å². The Morgan fingerprint density at radius 3 is 2.82 bits per heavy atom. The number of halogens is 2. The number of fused-ring (bicyclic) bond motifs is 1. The standard InChI is InChI=1S/C25H23F2N5O2/c26-18-7-4-3-6-17(18)21-15-28-24(34-21)12-11-23(33)29-20-14-16(9-10-19(20)27)25-31-30-22-8-2-1-5-13-32(22)25/h3-4,6-7,9-10,14-15H,1-2,5,8,11-13H2,(H,29,33). The summed E-state index contributed by atoms with van der Waals surface area (Å²) in [7, 11) is 0. The van der Waals surface area contributed by atoms with Crippen LogP contribution in [0.3, 0.4) is 0 Å². The summed E-state index contributed by atoms with van der Waals surface area (Å²) in [5, 5.41) is 11.2. The summed E-state index contributed by atoms with van der Waals surface area (Å²) in [5.74, 6) is 0.861. The lowest BCUT2D eigenvalue weighted by Crippen LogP contribution is -2.13. The van der Waals surface area contributed by atoms with Crippen molar-refractivity contribution in [2.45, 2.75) is 45.1 Å². The van der Waals surface area contributed by atoms with Crippen LogP contribution < -0.4 is 5.32 Å². The molecule has 0 fully saturated rings. The predicted octanol–water partition coefficient (Wildman–Crippen LogP) is 5.18. The molecule has 9 heteroatoms. The molecule has 2 aromatic heterocycles. The zero-order chi connectivity index (χ0) is 23.5. The lowest BCUT2D eigenvalue weighted by atomic mass is 10.1. The number of amides is 1.